The van der Waals surface area contributed by atoms with Gasteiger partial charge in [-0.25, -0.2) is 0 Å². The molecule has 2 heterocycles. The van der Waals surface area contributed by atoms with Crippen molar-refractivity contribution in [3.63, 3.8) is 0 Å². The van der Waals surface area contributed by atoms with E-state index in [0.717, 1.165) is 54.0 Å². The van der Waals surface area contributed by atoms with Crippen LogP contribution in [-0.4, -0.2) is 63.5 Å². The molecule has 3 aromatic carbocycles. The molecule has 4 aromatic rings. The molecule has 214 valence electrons. The zero-order valence-corrected chi connectivity index (χ0v) is 23.5. The van der Waals surface area contributed by atoms with E-state index < -0.39 is 23.1 Å². The Hall–Kier alpha value is -4.50. The van der Waals surface area contributed by atoms with Crippen LogP contribution in [0.3, 0.4) is 0 Å². The number of esters is 1. The molecule has 1 fully saturated rings. The monoisotopic (exact) mass is 558 g/mol. The van der Waals surface area contributed by atoms with Gasteiger partial charge >= 0.3 is 5.97 Å². The number of carbonyl (C=O) groups is 1. The number of hydrogen-bond donors (Lipinski definition) is 1. The summed E-state index contributed by atoms with van der Waals surface area (Å²) in [6.45, 7) is 3.54. The van der Waals surface area contributed by atoms with Crippen molar-refractivity contribution in [1.82, 2.24) is 4.90 Å². The van der Waals surface area contributed by atoms with Crippen LogP contribution >= 0.6 is 0 Å². The molecule has 0 bridgehead atoms. The lowest BCUT2D eigenvalue weighted by atomic mass is 9.88. The number of aromatic hydroxyl groups is 1. The maximum absolute atomic E-state index is 13.0. The third-order valence-electron chi connectivity index (χ3n) is 7.62. The van der Waals surface area contributed by atoms with E-state index in [-0.39, 0.29) is 12.2 Å². The van der Waals surface area contributed by atoms with E-state index in [0.29, 0.717) is 18.1 Å². The molecule has 1 aliphatic heterocycles. The molecule has 0 saturated carbocycles. The van der Waals surface area contributed by atoms with Crippen LogP contribution in [0.25, 0.3) is 10.8 Å². The SMILES string of the molecule is COC(=O)C[C@@H](c1oc(CN2CCN(c3ccc(OC)cc3)CC2)cc(=O)c1O)c1ccc(OC)c2ccccc12. The second-order valence-electron chi connectivity index (χ2n) is 9.99. The Bertz CT molecular complexity index is 1570. The molecule has 41 heavy (non-hydrogen) atoms. The van der Waals surface area contributed by atoms with Crippen LogP contribution in [-0.2, 0) is 16.1 Å². The van der Waals surface area contributed by atoms with Gasteiger partial charge in [0.2, 0.25) is 11.2 Å². The van der Waals surface area contributed by atoms with Crippen molar-refractivity contribution < 1.29 is 28.5 Å². The molecule has 0 amide bonds. The van der Waals surface area contributed by atoms with Gasteiger partial charge in [-0.2, -0.15) is 0 Å². The topological polar surface area (TPSA) is 102 Å². The van der Waals surface area contributed by atoms with Crippen LogP contribution in [0, 0.1) is 0 Å². The summed E-state index contributed by atoms with van der Waals surface area (Å²) in [4.78, 5) is 30.0. The molecule has 5 rings (SSSR count). The molecule has 1 saturated heterocycles. The maximum Gasteiger partial charge on any atom is 0.306 e. The minimum atomic E-state index is -0.752. The van der Waals surface area contributed by atoms with Gasteiger partial charge in [0.1, 0.15) is 17.3 Å². The zero-order valence-electron chi connectivity index (χ0n) is 23.5. The number of methoxy groups -OCH3 is 3. The van der Waals surface area contributed by atoms with Crippen LogP contribution in [0.2, 0.25) is 0 Å². The van der Waals surface area contributed by atoms with E-state index in [1.165, 1.54) is 13.2 Å². The average Bonchev–Trinajstić information content (AvgIpc) is 3.01. The van der Waals surface area contributed by atoms with E-state index in [4.69, 9.17) is 18.6 Å². The lowest BCUT2D eigenvalue weighted by Crippen LogP contribution is -2.46. The number of hydrogen-bond acceptors (Lipinski definition) is 9. The number of ether oxygens (including phenoxy) is 3. The third-order valence-corrected chi connectivity index (χ3v) is 7.62. The summed E-state index contributed by atoms with van der Waals surface area (Å²) in [5.41, 5.74) is 1.29. The van der Waals surface area contributed by atoms with Crippen molar-refractivity contribution >= 4 is 22.4 Å². The molecule has 9 heteroatoms. The van der Waals surface area contributed by atoms with E-state index in [1.54, 1.807) is 14.2 Å². The fourth-order valence-corrected chi connectivity index (χ4v) is 5.42. The summed E-state index contributed by atoms with van der Waals surface area (Å²) in [7, 11) is 4.56. The largest absolute Gasteiger partial charge is 0.502 e. The van der Waals surface area contributed by atoms with Gasteiger partial charge in [-0.05, 0) is 41.3 Å². The highest BCUT2D eigenvalue weighted by molar-refractivity contribution is 5.92. The quantitative estimate of drug-likeness (QED) is 0.297. The van der Waals surface area contributed by atoms with Crippen LogP contribution in [0.15, 0.2) is 75.9 Å². The molecular weight excluding hydrogens is 524 g/mol. The number of benzene rings is 3. The summed E-state index contributed by atoms with van der Waals surface area (Å²) in [5, 5.41) is 12.6. The molecule has 0 spiro atoms. The molecule has 1 N–H and O–H groups in total. The fourth-order valence-electron chi connectivity index (χ4n) is 5.42. The van der Waals surface area contributed by atoms with Crippen molar-refractivity contribution in [2.24, 2.45) is 0 Å². The Labute approximate surface area is 238 Å². The standard InChI is InChI=1S/C32H34N2O7/c1-38-22-10-8-21(9-11-22)34-16-14-33(15-17-34)20-23-18-28(35)31(37)32(41-23)27(19-30(36)40-3)25-12-13-29(39-2)26-7-5-4-6-24(25)26/h4-13,18,27,37H,14-17,19-20H2,1-3H3/t27-/m1/s1. The lowest BCUT2D eigenvalue weighted by molar-refractivity contribution is -0.140. The molecule has 1 aliphatic rings. The Morgan fingerprint density at radius 2 is 1.63 bits per heavy atom. The first-order valence-electron chi connectivity index (χ1n) is 13.5. The van der Waals surface area contributed by atoms with Crippen molar-refractivity contribution in [3.05, 3.63) is 94.0 Å². The molecule has 0 radical (unpaired) electrons. The average molecular weight is 559 g/mol. The summed E-state index contributed by atoms with van der Waals surface area (Å²) in [6.07, 6.45) is -0.118. The summed E-state index contributed by atoms with van der Waals surface area (Å²) < 4.78 is 22.0. The number of anilines is 1. The Morgan fingerprint density at radius 1 is 0.927 bits per heavy atom. The second kappa shape index (κ2) is 12.3. The first-order chi connectivity index (χ1) is 19.9. The predicted octanol–water partition coefficient (Wildman–Crippen LogP) is 4.53. The predicted molar refractivity (Wildman–Crippen MR) is 156 cm³/mol. The number of piperazine rings is 1. The van der Waals surface area contributed by atoms with Gasteiger partial charge < -0.3 is 28.6 Å². The first-order valence-corrected chi connectivity index (χ1v) is 13.5. The van der Waals surface area contributed by atoms with Crippen molar-refractivity contribution in [2.75, 3.05) is 52.4 Å². The van der Waals surface area contributed by atoms with Gasteiger partial charge in [-0.15, -0.1) is 0 Å². The molecule has 0 aliphatic carbocycles. The van der Waals surface area contributed by atoms with E-state index in [9.17, 15) is 14.7 Å². The van der Waals surface area contributed by atoms with E-state index in [2.05, 4.69) is 9.80 Å². The van der Waals surface area contributed by atoms with Gasteiger partial charge in [0.15, 0.2) is 5.76 Å². The highest BCUT2D eigenvalue weighted by Gasteiger charge is 2.29. The van der Waals surface area contributed by atoms with Crippen molar-refractivity contribution in [2.45, 2.75) is 18.9 Å². The zero-order chi connectivity index (χ0) is 28.9. The fraction of sp³-hybridized carbons (Fsp3) is 0.312. The number of fused-ring (bicyclic) bond motifs is 1. The van der Waals surface area contributed by atoms with Gasteiger partial charge in [-0.3, -0.25) is 14.5 Å². The van der Waals surface area contributed by atoms with Gasteiger partial charge in [0.05, 0.1) is 40.2 Å². The smallest absolute Gasteiger partial charge is 0.306 e. The molecule has 1 atom stereocenters. The van der Waals surface area contributed by atoms with E-state index in [1.807, 2.05) is 60.7 Å². The first kappa shape index (κ1) is 28.0. The summed E-state index contributed by atoms with van der Waals surface area (Å²) >= 11 is 0. The molecule has 0 unspecified atom stereocenters. The lowest BCUT2D eigenvalue weighted by Gasteiger charge is -2.36. The van der Waals surface area contributed by atoms with Gasteiger partial charge in [0, 0.05) is 43.3 Å². The molecule has 9 nitrogen and oxygen atoms in total. The number of rotatable bonds is 9. The number of carbonyl (C=O) groups excluding carboxylic acids is 1. The van der Waals surface area contributed by atoms with Crippen molar-refractivity contribution in [3.8, 4) is 17.2 Å². The third kappa shape index (κ3) is 6.00. The Morgan fingerprint density at radius 3 is 2.29 bits per heavy atom. The van der Waals surface area contributed by atoms with E-state index >= 15 is 0 Å². The highest BCUT2D eigenvalue weighted by atomic mass is 16.5. The summed E-state index contributed by atoms with van der Waals surface area (Å²) in [6, 6.07) is 20.6. The normalized spacial score (nSPS) is 14.6. The van der Waals surface area contributed by atoms with Crippen LogP contribution < -0.4 is 19.8 Å². The minimum absolute atomic E-state index is 0.0464. The van der Waals surface area contributed by atoms with Crippen LogP contribution in [0.4, 0.5) is 5.69 Å². The molecular formula is C32H34N2O7. The van der Waals surface area contributed by atoms with Gasteiger partial charge in [0.25, 0.3) is 0 Å². The molecule has 1 aromatic heterocycles. The Kier molecular flexibility index (Phi) is 8.45. The van der Waals surface area contributed by atoms with Crippen LogP contribution in [0.5, 0.6) is 17.2 Å². The van der Waals surface area contributed by atoms with Crippen molar-refractivity contribution in [1.29, 1.82) is 0 Å². The minimum Gasteiger partial charge on any atom is -0.502 e. The maximum atomic E-state index is 13.0. The van der Waals surface area contributed by atoms with Gasteiger partial charge in [-0.1, -0.05) is 30.3 Å². The second-order valence-corrected chi connectivity index (χ2v) is 9.99. The number of nitrogens with zero attached hydrogens (tertiary/aromatic N) is 2. The van der Waals surface area contributed by atoms with Crippen LogP contribution in [0.1, 0.15) is 29.4 Å². The Balaban J connectivity index is 1.43. The summed E-state index contributed by atoms with van der Waals surface area (Å²) in [5.74, 6) is 0.216. The highest BCUT2D eigenvalue weighted by Crippen LogP contribution is 2.39.